The molecular weight excluding hydrogens is 208 g/mol. The lowest BCUT2D eigenvalue weighted by Gasteiger charge is -1.99. The van der Waals surface area contributed by atoms with E-state index in [0.29, 0.717) is 11.3 Å². The lowest BCUT2D eigenvalue weighted by molar-refractivity contribution is 0.101. The molecular formula is C11H10N2O3. The normalized spacial score (nSPS) is 16.1. The summed E-state index contributed by atoms with van der Waals surface area (Å²) in [6.45, 7) is 0. The average molecular weight is 218 g/mol. The Hall–Kier alpha value is -2.17. The number of hydrogen-bond donors (Lipinski definition) is 1. The van der Waals surface area contributed by atoms with Crippen molar-refractivity contribution in [2.75, 3.05) is 7.11 Å². The second-order valence-corrected chi connectivity index (χ2v) is 3.31. The molecule has 1 aromatic carbocycles. The number of methoxy groups -OCH3 is 1. The summed E-state index contributed by atoms with van der Waals surface area (Å²) in [4.78, 5) is 22.4. The van der Waals surface area contributed by atoms with Crippen molar-refractivity contribution >= 4 is 17.6 Å². The van der Waals surface area contributed by atoms with E-state index in [0.717, 1.165) is 5.56 Å². The Morgan fingerprint density at radius 2 is 2.06 bits per heavy atom. The summed E-state index contributed by atoms with van der Waals surface area (Å²) in [6.07, 6.45) is -0.437. The number of nitrogens with one attached hydrogen (secondary N) is 1. The van der Waals surface area contributed by atoms with Crippen molar-refractivity contribution in [2.24, 2.45) is 5.10 Å². The van der Waals surface area contributed by atoms with Gasteiger partial charge in [-0.05, 0) is 0 Å². The van der Waals surface area contributed by atoms with E-state index in [1.807, 2.05) is 6.07 Å². The van der Waals surface area contributed by atoms with Crippen LogP contribution in [0.5, 0.6) is 0 Å². The minimum Gasteiger partial charge on any atom is -0.452 e. The molecule has 0 unspecified atom stereocenters. The Morgan fingerprint density at radius 3 is 2.75 bits per heavy atom. The molecule has 1 N–H and O–H groups in total. The van der Waals surface area contributed by atoms with E-state index in [4.69, 9.17) is 0 Å². The number of rotatable bonds is 1. The third-order valence-electron chi connectivity index (χ3n) is 2.33. The van der Waals surface area contributed by atoms with Crippen LogP contribution in [0.15, 0.2) is 29.4 Å². The van der Waals surface area contributed by atoms with Gasteiger partial charge in [0.25, 0.3) is 0 Å². The van der Waals surface area contributed by atoms with Gasteiger partial charge in [-0.3, -0.25) is 4.79 Å². The van der Waals surface area contributed by atoms with E-state index in [-0.39, 0.29) is 12.2 Å². The van der Waals surface area contributed by atoms with Gasteiger partial charge in [-0.2, -0.15) is 5.10 Å². The largest absolute Gasteiger partial charge is 0.452 e. The van der Waals surface area contributed by atoms with Crippen LogP contribution in [0, 0.1) is 0 Å². The van der Waals surface area contributed by atoms with Gasteiger partial charge in [0.15, 0.2) is 5.78 Å². The van der Waals surface area contributed by atoms with Gasteiger partial charge in [0.2, 0.25) is 0 Å². The van der Waals surface area contributed by atoms with Gasteiger partial charge in [-0.1, -0.05) is 24.3 Å². The highest BCUT2D eigenvalue weighted by Gasteiger charge is 2.25. The number of hydrazone groups is 1. The fourth-order valence-corrected chi connectivity index (χ4v) is 1.58. The molecule has 0 atom stereocenters. The maximum atomic E-state index is 11.6. The first kappa shape index (κ1) is 10.4. The maximum absolute atomic E-state index is 11.6. The second kappa shape index (κ2) is 4.14. The Morgan fingerprint density at radius 1 is 1.38 bits per heavy atom. The number of benzene rings is 1. The SMILES string of the molecule is COC(=O)N/N=C1/CC(=O)c2ccccc21. The first-order chi connectivity index (χ1) is 7.72. The number of hydrogen-bond acceptors (Lipinski definition) is 4. The van der Waals surface area contributed by atoms with Crippen molar-refractivity contribution in [1.82, 2.24) is 5.43 Å². The smallest absolute Gasteiger partial charge is 0.427 e. The Labute approximate surface area is 92.1 Å². The molecule has 82 valence electrons. The molecule has 16 heavy (non-hydrogen) atoms. The molecule has 2 rings (SSSR count). The number of Topliss-reactive ketones (excluding diaryl/α,β-unsaturated/α-hetero) is 1. The molecule has 5 nitrogen and oxygen atoms in total. The molecule has 0 fully saturated rings. The van der Waals surface area contributed by atoms with Gasteiger partial charge < -0.3 is 4.74 Å². The van der Waals surface area contributed by atoms with E-state index < -0.39 is 6.09 Å². The van der Waals surface area contributed by atoms with Gasteiger partial charge in [0.05, 0.1) is 19.2 Å². The Kier molecular flexibility index (Phi) is 2.68. The summed E-state index contributed by atoms with van der Waals surface area (Å²) >= 11 is 0. The zero-order valence-corrected chi connectivity index (χ0v) is 8.69. The van der Waals surface area contributed by atoms with Crippen LogP contribution in [0.4, 0.5) is 4.79 Å². The summed E-state index contributed by atoms with van der Waals surface area (Å²) in [6, 6.07) is 7.18. The van der Waals surface area contributed by atoms with Crippen LogP contribution in [0.3, 0.4) is 0 Å². The highest BCUT2D eigenvalue weighted by molar-refractivity contribution is 6.26. The van der Waals surface area contributed by atoms with E-state index >= 15 is 0 Å². The van der Waals surface area contributed by atoms with Crippen LogP contribution in [0.2, 0.25) is 0 Å². The molecule has 0 heterocycles. The monoisotopic (exact) mass is 218 g/mol. The molecule has 0 saturated carbocycles. The number of carbonyl (C=O) groups excluding carboxylic acids is 2. The number of ether oxygens (including phenoxy) is 1. The van der Waals surface area contributed by atoms with Crippen LogP contribution in [0.1, 0.15) is 22.3 Å². The summed E-state index contributed by atoms with van der Waals surface area (Å²) in [5.74, 6) is 0.0148. The maximum Gasteiger partial charge on any atom is 0.427 e. The quantitative estimate of drug-likeness (QED) is 0.723. The van der Waals surface area contributed by atoms with E-state index in [2.05, 4.69) is 15.3 Å². The van der Waals surface area contributed by atoms with Crippen LogP contribution in [0.25, 0.3) is 0 Å². The van der Waals surface area contributed by atoms with Crippen molar-refractivity contribution < 1.29 is 14.3 Å². The minimum atomic E-state index is -0.649. The van der Waals surface area contributed by atoms with Gasteiger partial charge in [0.1, 0.15) is 0 Å². The standard InChI is InChI=1S/C11H10N2O3/c1-16-11(15)13-12-9-6-10(14)8-5-3-2-4-7(8)9/h2-5H,6H2,1H3,(H,13,15)/b12-9-. The van der Waals surface area contributed by atoms with Crippen LogP contribution >= 0.6 is 0 Å². The van der Waals surface area contributed by atoms with Gasteiger partial charge in [-0.15, -0.1) is 0 Å². The number of ketones is 1. The fraction of sp³-hybridized carbons (Fsp3) is 0.182. The molecule has 1 aliphatic rings. The molecule has 1 aromatic rings. The van der Waals surface area contributed by atoms with E-state index in [9.17, 15) is 9.59 Å². The molecule has 5 heteroatoms. The molecule has 1 aliphatic carbocycles. The first-order valence-electron chi connectivity index (χ1n) is 4.75. The third kappa shape index (κ3) is 1.79. The highest BCUT2D eigenvalue weighted by Crippen LogP contribution is 2.21. The van der Waals surface area contributed by atoms with Crippen molar-refractivity contribution in [1.29, 1.82) is 0 Å². The summed E-state index contributed by atoms with van der Waals surface area (Å²) in [5.41, 5.74) is 4.19. The van der Waals surface area contributed by atoms with Crippen molar-refractivity contribution in [3.05, 3.63) is 35.4 Å². The molecule has 0 spiro atoms. The Balaban J connectivity index is 2.27. The summed E-state index contributed by atoms with van der Waals surface area (Å²) in [5, 5.41) is 3.86. The van der Waals surface area contributed by atoms with Crippen LogP contribution in [-0.2, 0) is 4.74 Å². The second-order valence-electron chi connectivity index (χ2n) is 3.31. The molecule has 0 bridgehead atoms. The number of fused-ring (bicyclic) bond motifs is 1. The number of nitrogens with zero attached hydrogens (tertiary/aromatic N) is 1. The van der Waals surface area contributed by atoms with E-state index in [1.54, 1.807) is 18.2 Å². The van der Waals surface area contributed by atoms with Crippen LogP contribution in [-0.4, -0.2) is 24.7 Å². The molecule has 0 aliphatic heterocycles. The predicted octanol–water partition coefficient (Wildman–Crippen LogP) is 1.33. The summed E-state index contributed by atoms with van der Waals surface area (Å²) < 4.78 is 4.38. The number of amides is 1. The average Bonchev–Trinajstić information content (AvgIpc) is 2.64. The topological polar surface area (TPSA) is 67.8 Å². The van der Waals surface area contributed by atoms with E-state index in [1.165, 1.54) is 7.11 Å². The van der Waals surface area contributed by atoms with Gasteiger partial charge in [0, 0.05) is 11.1 Å². The number of carbonyl (C=O) groups is 2. The zero-order chi connectivity index (χ0) is 11.5. The van der Waals surface area contributed by atoms with Crippen molar-refractivity contribution in [3.8, 4) is 0 Å². The highest BCUT2D eigenvalue weighted by atomic mass is 16.5. The van der Waals surface area contributed by atoms with Crippen LogP contribution < -0.4 is 5.43 Å². The van der Waals surface area contributed by atoms with Crippen molar-refractivity contribution in [2.45, 2.75) is 6.42 Å². The zero-order valence-electron chi connectivity index (χ0n) is 8.69. The lowest BCUT2D eigenvalue weighted by atomic mass is 10.1. The van der Waals surface area contributed by atoms with Gasteiger partial charge in [-0.25, -0.2) is 10.2 Å². The Bertz CT molecular complexity index is 480. The molecule has 0 aromatic heterocycles. The molecule has 1 amide bonds. The minimum absolute atomic E-state index is 0.0148. The molecule has 0 saturated heterocycles. The third-order valence-corrected chi connectivity index (χ3v) is 2.33. The van der Waals surface area contributed by atoms with Crippen molar-refractivity contribution in [3.63, 3.8) is 0 Å². The predicted molar refractivity (Wildman–Crippen MR) is 57.5 cm³/mol. The summed E-state index contributed by atoms with van der Waals surface area (Å²) in [7, 11) is 1.25. The van der Waals surface area contributed by atoms with Gasteiger partial charge >= 0.3 is 6.09 Å². The fourth-order valence-electron chi connectivity index (χ4n) is 1.58. The molecule has 0 radical (unpaired) electrons. The lowest BCUT2D eigenvalue weighted by Crippen LogP contribution is -2.18. The first-order valence-corrected chi connectivity index (χ1v) is 4.75.